The maximum atomic E-state index is 13.5. The molecule has 204 valence electrons. The van der Waals surface area contributed by atoms with E-state index in [4.69, 9.17) is 0 Å². The molecule has 3 aromatic rings. The van der Waals surface area contributed by atoms with Gasteiger partial charge in [-0.1, -0.05) is 60.7 Å². The van der Waals surface area contributed by atoms with Crippen LogP contribution in [0.3, 0.4) is 0 Å². The predicted molar refractivity (Wildman–Crippen MR) is 153 cm³/mol. The molecule has 2 heterocycles. The summed E-state index contributed by atoms with van der Waals surface area (Å²) >= 11 is 0. The number of ketones is 1. The third-order valence-corrected chi connectivity index (χ3v) is 8.10. The number of aromatic nitrogens is 2. The first-order valence-corrected chi connectivity index (χ1v) is 14.0. The van der Waals surface area contributed by atoms with Crippen molar-refractivity contribution in [2.24, 2.45) is 0 Å². The highest BCUT2D eigenvalue weighted by Crippen LogP contribution is 2.33. The fraction of sp³-hybridized carbons (Fsp3) is 0.303. The number of alkyl halides is 1. The van der Waals surface area contributed by atoms with Gasteiger partial charge in [0.05, 0.1) is 17.8 Å². The summed E-state index contributed by atoms with van der Waals surface area (Å²) in [5.41, 5.74) is 7.33. The Morgan fingerprint density at radius 1 is 1.12 bits per heavy atom. The zero-order chi connectivity index (χ0) is 27.6. The van der Waals surface area contributed by atoms with Crippen LogP contribution in [0.1, 0.15) is 64.8 Å². The van der Waals surface area contributed by atoms with Gasteiger partial charge in [0.15, 0.2) is 5.78 Å². The number of fused-ring (bicyclic) bond motifs is 1. The topological polar surface area (TPSA) is 67.2 Å². The smallest absolute Gasteiger partial charge is 0.258 e. The van der Waals surface area contributed by atoms with E-state index < -0.39 is 6.17 Å². The van der Waals surface area contributed by atoms with E-state index in [2.05, 4.69) is 39.6 Å². The van der Waals surface area contributed by atoms with Crippen LogP contribution >= 0.6 is 0 Å². The first-order chi connectivity index (χ1) is 19.4. The zero-order valence-corrected chi connectivity index (χ0v) is 22.6. The molecule has 0 unspecified atom stereocenters. The van der Waals surface area contributed by atoms with Gasteiger partial charge in [0.1, 0.15) is 6.17 Å². The predicted octanol–water partition coefficient (Wildman–Crippen LogP) is 5.58. The summed E-state index contributed by atoms with van der Waals surface area (Å²) in [7, 11) is 0. The molecule has 1 N–H and O–H groups in total. The van der Waals surface area contributed by atoms with E-state index in [1.54, 1.807) is 29.2 Å². The Balaban J connectivity index is 1.13. The van der Waals surface area contributed by atoms with E-state index in [9.17, 15) is 14.0 Å². The van der Waals surface area contributed by atoms with Crippen molar-refractivity contribution >= 4 is 17.8 Å². The van der Waals surface area contributed by atoms with Crippen LogP contribution < -0.4 is 5.32 Å². The molecule has 40 heavy (non-hydrogen) atoms. The largest absolute Gasteiger partial charge is 0.322 e. The number of Topliss-reactive ketones (excluding diaryl/α,β-unsaturated/α-hetero) is 1. The van der Waals surface area contributed by atoms with Gasteiger partial charge in [0.25, 0.3) is 5.91 Å². The molecule has 0 spiro atoms. The number of nitrogens with one attached hydrogen (secondary N) is 1. The van der Waals surface area contributed by atoms with Crippen molar-refractivity contribution in [3.63, 3.8) is 0 Å². The number of rotatable bonds is 7. The molecule has 3 aliphatic rings. The number of halogens is 1. The lowest BCUT2D eigenvalue weighted by Crippen LogP contribution is -2.33. The van der Waals surface area contributed by atoms with Crippen molar-refractivity contribution in [1.29, 1.82) is 0 Å². The van der Waals surface area contributed by atoms with Gasteiger partial charge in [0, 0.05) is 43.5 Å². The first kappa shape index (κ1) is 26.1. The molecule has 6 nitrogen and oxygen atoms in total. The molecule has 6 rings (SSSR count). The van der Waals surface area contributed by atoms with E-state index in [-0.39, 0.29) is 24.2 Å². The average molecular weight is 537 g/mol. The summed E-state index contributed by atoms with van der Waals surface area (Å²) < 4.78 is 15.3. The van der Waals surface area contributed by atoms with Crippen LogP contribution in [0.4, 0.5) is 4.39 Å². The van der Waals surface area contributed by atoms with E-state index >= 15 is 0 Å². The molecular formula is C33H33FN4O2. The second-order valence-electron chi connectivity index (χ2n) is 10.9. The number of benzene rings is 2. The number of piperidine rings is 1. The normalized spacial score (nSPS) is 18.6. The fourth-order valence-electron chi connectivity index (χ4n) is 5.69. The number of carbonyl (C=O) groups excluding carboxylic acids is 2. The second kappa shape index (κ2) is 11.2. The van der Waals surface area contributed by atoms with Crippen molar-refractivity contribution in [3.05, 3.63) is 118 Å². The average Bonchev–Trinajstić information content (AvgIpc) is 3.63. The number of hydrogen-bond acceptors (Lipinski definition) is 4. The van der Waals surface area contributed by atoms with Crippen molar-refractivity contribution in [2.45, 2.75) is 51.4 Å². The summed E-state index contributed by atoms with van der Waals surface area (Å²) in [6.07, 6.45) is 10.4. The third-order valence-electron chi connectivity index (χ3n) is 8.10. The molecular weight excluding hydrogens is 503 g/mol. The molecule has 1 amide bonds. The van der Waals surface area contributed by atoms with Crippen LogP contribution in [0, 0.1) is 0 Å². The van der Waals surface area contributed by atoms with Crippen LogP contribution in [0.15, 0.2) is 89.9 Å². The summed E-state index contributed by atoms with van der Waals surface area (Å²) in [6.45, 7) is 4.42. The quantitative estimate of drug-likeness (QED) is 0.428. The van der Waals surface area contributed by atoms with Gasteiger partial charge in [-0.25, -0.2) is 4.39 Å². The molecule has 7 heteroatoms. The number of amides is 1. The molecule has 1 aromatic heterocycles. The van der Waals surface area contributed by atoms with Gasteiger partial charge in [-0.2, -0.15) is 5.10 Å². The number of nitrogens with zero attached hydrogens (tertiary/aromatic N) is 3. The molecule has 1 saturated heterocycles. The monoisotopic (exact) mass is 536 g/mol. The molecule has 0 bridgehead atoms. The van der Waals surface area contributed by atoms with Crippen LogP contribution in [-0.2, 0) is 17.8 Å². The highest BCUT2D eigenvalue weighted by atomic mass is 19.1. The lowest BCUT2D eigenvalue weighted by atomic mass is 9.93. The lowest BCUT2D eigenvalue weighted by molar-refractivity contribution is -0.114. The second-order valence-corrected chi connectivity index (χ2v) is 10.9. The minimum atomic E-state index is -0.673. The van der Waals surface area contributed by atoms with Gasteiger partial charge >= 0.3 is 0 Å². The zero-order valence-electron chi connectivity index (χ0n) is 22.6. The molecule has 2 aromatic carbocycles. The molecule has 1 fully saturated rings. The Bertz CT molecular complexity index is 1530. The van der Waals surface area contributed by atoms with Gasteiger partial charge < -0.3 is 5.32 Å². The van der Waals surface area contributed by atoms with Crippen LogP contribution in [0.2, 0.25) is 0 Å². The molecule has 2 aliphatic carbocycles. The minimum absolute atomic E-state index is 0.000398. The number of carbonyl (C=O) groups is 2. The molecule has 1 aliphatic heterocycles. The van der Waals surface area contributed by atoms with Crippen LogP contribution in [-0.4, -0.2) is 45.6 Å². The van der Waals surface area contributed by atoms with Gasteiger partial charge in [-0.05, 0) is 60.1 Å². The Labute approximate surface area is 233 Å². The summed E-state index contributed by atoms with van der Waals surface area (Å²) in [4.78, 5) is 28.2. The fourth-order valence-corrected chi connectivity index (χ4v) is 5.69. The summed E-state index contributed by atoms with van der Waals surface area (Å²) in [5, 5.41) is 7.37. The van der Waals surface area contributed by atoms with Gasteiger partial charge in [0.2, 0.25) is 0 Å². The van der Waals surface area contributed by atoms with Crippen molar-refractivity contribution in [3.8, 4) is 0 Å². The van der Waals surface area contributed by atoms with E-state index in [0.29, 0.717) is 36.1 Å². The van der Waals surface area contributed by atoms with Gasteiger partial charge in [-0.15, -0.1) is 0 Å². The maximum absolute atomic E-state index is 13.5. The Morgan fingerprint density at radius 2 is 1.93 bits per heavy atom. The van der Waals surface area contributed by atoms with E-state index in [1.165, 1.54) is 11.1 Å². The number of allylic oxidation sites excluding steroid dienone is 4. The van der Waals surface area contributed by atoms with Crippen LogP contribution in [0.5, 0.6) is 0 Å². The van der Waals surface area contributed by atoms with E-state index in [1.807, 2.05) is 37.3 Å². The number of likely N-dealkylation sites (tertiary alicyclic amines) is 1. The third kappa shape index (κ3) is 5.61. The summed E-state index contributed by atoms with van der Waals surface area (Å²) in [6, 6.07) is 16.5. The van der Waals surface area contributed by atoms with E-state index in [0.717, 1.165) is 36.3 Å². The van der Waals surface area contributed by atoms with Crippen LogP contribution in [0.25, 0.3) is 6.08 Å². The molecule has 0 radical (unpaired) electrons. The lowest BCUT2D eigenvalue weighted by Gasteiger charge is -2.28. The highest BCUT2D eigenvalue weighted by Gasteiger charge is 2.25. The van der Waals surface area contributed by atoms with Gasteiger partial charge in [-0.3, -0.25) is 19.2 Å². The maximum Gasteiger partial charge on any atom is 0.258 e. The first-order valence-electron chi connectivity index (χ1n) is 14.0. The molecule has 0 saturated carbocycles. The Kier molecular flexibility index (Phi) is 7.30. The Morgan fingerprint density at radius 3 is 2.73 bits per heavy atom. The summed E-state index contributed by atoms with van der Waals surface area (Å²) in [5.74, 6) is -0.205. The molecule has 1 atom stereocenters. The van der Waals surface area contributed by atoms with Crippen molar-refractivity contribution in [2.75, 3.05) is 13.1 Å². The highest BCUT2D eigenvalue weighted by molar-refractivity contribution is 6.04. The van der Waals surface area contributed by atoms with Crippen molar-refractivity contribution < 1.29 is 14.0 Å². The SMILES string of the molecule is C[C@H](c1ccccc1)n1cc(C(=O)NC2=CCC(=O)C(C3=Cc4cc(CN5CCC(F)CC5)ccc4C3)=C2)cn1. The minimum Gasteiger partial charge on any atom is -0.322 e. The van der Waals surface area contributed by atoms with Crippen molar-refractivity contribution in [1.82, 2.24) is 20.0 Å². The number of hydrogen-bond donors (Lipinski definition) is 1. The Hall–Kier alpha value is -4.10. The standard InChI is InChI=1S/C33H33FN4O2/c1-22(24-5-3-2-4-6-24)38-21-28(19-35-38)33(40)36-30-9-10-32(39)31(18-30)27-16-25-8-7-23(15-26(25)17-27)20-37-13-11-29(34)12-14-37/h2-9,15,17-19,21-22,29H,10-14,16,20H2,1H3,(H,36,40)/t22-/m1/s1.